The molecule has 1 heterocycles. The van der Waals surface area contributed by atoms with E-state index in [0.29, 0.717) is 16.5 Å². The van der Waals surface area contributed by atoms with E-state index in [1.54, 1.807) is 6.08 Å². The minimum atomic E-state index is -0.211. The van der Waals surface area contributed by atoms with Crippen LogP contribution in [0.1, 0.15) is 5.76 Å². The van der Waals surface area contributed by atoms with Gasteiger partial charge in [0.05, 0.1) is 0 Å². The maximum Gasteiger partial charge on any atom is 0.248 e. The average molecular weight is 324 g/mol. The first-order chi connectivity index (χ1) is 11.2. The lowest BCUT2D eigenvalue weighted by molar-refractivity contribution is -0.111. The van der Waals surface area contributed by atoms with Crippen LogP contribution in [0, 0.1) is 0 Å². The maximum atomic E-state index is 11.9. The van der Waals surface area contributed by atoms with E-state index in [1.165, 1.54) is 6.08 Å². The van der Waals surface area contributed by atoms with E-state index in [9.17, 15) is 4.79 Å². The third kappa shape index (κ3) is 4.11. The molecule has 0 spiro atoms. The van der Waals surface area contributed by atoms with Crippen LogP contribution in [0.3, 0.4) is 0 Å². The van der Waals surface area contributed by atoms with Crippen LogP contribution in [0.15, 0.2) is 77.2 Å². The Morgan fingerprint density at radius 1 is 1.00 bits per heavy atom. The molecule has 3 rings (SSSR count). The third-order valence-corrected chi connectivity index (χ3v) is 3.41. The number of hydrogen-bond donors (Lipinski definition) is 1. The van der Waals surface area contributed by atoms with Crippen LogP contribution in [-0.4, -0.2) is 5.91 Å². The van der Waals surface area contributed by atoms with Crippen molar-refractivity contribution < 1.29 is 9.21 Å². The van der Waals surface area contributed by atoms with Gasteiger partial charge in [-0.05, 0) is 42.5 Å². The molecule has 23 heavy (non-hydrogen) atoms. The number of para-hydroxylation sites is 1. The SMILES string of the molecule is O=C(/C=C/c1ccc(-c2cccc(Cl)c2)o1)Nc1ccccc1. The first-order valence-electron chi connectivity index (χ1n) is 7.10. The number of amides is 1. The highest BCUT2D eigenvalue weighted by Gasteiger charge is 2.04. The molecule has 0 atom stereocenters. The Labute approximate surface area is 139 Å². The summed E-state index contributed by atoms with van der Waals surface area (Å²) < 4.78 is 5.70. The van der Waals surface area contributed by atoms with Gasteiger partial charge in [-0.25, -0.2) is 0 Å². The molecule has 0 fully saturated rings. The van der Waals surface area contributed by atoms with E-state index >= 15 is 0 Å². The summed E-state index contributed by atoms with van der Waals surface area (Å²) in [5.74, 6) is 1.09. The molecule has 0 unspecified atom stereocenters. The number of rotatable bonds is 4. The molecule has 4 heteroatoms. The predicted octanol–water partition coefficient (Wildman–Crippen LogP) is 5.25. The van der Waals surface area contributed by atoms with Gasteiger partial charge in [-0.2, -0.15) is 0 Å². The second kappa shape index (κ2) is 6.99. The number of hydrogen-bond acceptors (Lipinski definition) is 2. The summed E-state index contributed by atoms with van der Waals surface area (Å²) in [7, 11) is 0. The van der Waals surface area contributed by atoms with Crippen molar-refractivity contribution in [3.8, 4) is 11.3 Å². The zero-order valence-electron chi connectivity index (χ0n) is 12.2. The molecule has 0 bridgehead atoms. The van der Waals surface area contributed by atoms with Gasteiger partial charge in [0.15, 0.2) is 0 Å². The number of benzene rings is 2. The molecule has 1 aromatic heterocycles. The van der Waals surface area contributed by atoms with Gasteiger partial charge in [0, 0.05) is 22.3 Å². The minimum Gasteiger partial charge on any atom is -0.457 e. The summed E-state index contributed by atoms with van der Waals surface area (Å²) in [6.45, 7) is 0. The molecule has 114 valence electrons. The van der Waals surface area contributed by atoms with Crippen LogP contribution in [0.2, 0.25) is 5.02 Å². The summed E-state index contributed by atoms with van der Waals surface area (Å²) in [4.78, 5) is 11.9. The molecular formula is C19H14ClNO2. The van der Waals surface area contributed by atoms with E-state index in [1.807, 2.05) is 66.7 Å². The normalized spacial score (nSPS) is 10.8. The number of carbonyl (C=O) groups excluding carboxylic acids is 1. The smallest absolute Gasteiger partial charge is 0.248 e. The molecule has 0 aliphatic rings. The lowest BCUT2D eigenvalue weighted by Gasteiger charge is -2.00. The zero-order valence-corrected chi connectivity index (χ0v) is 13.0. The van der Waals surface area contributed by atoms with Crippen molar-refractivity contribution in [2.45, 2.75) is 0 Å². The summed E-state index contributed by atoms with van der Waals surface area (Å²) in [5.41, 5.74) is 1.65. The first kappa shape index (κ1) is 15.1. The van der Waals surface area contributed by atoms with Gasteiger partial charge in [-0.15, -0.1) is 0 Å². The summed E-state index contributed by atoms with van der Waals surface area (Å²) >= 11 is 5.97. The largest absolute Gasteiger partial charge is 0.457 e. The Hall–Kier alpha value is -2.78. The van der Waals surface area contributed by atoms with Gasteiger partial charge in [0.1, 0.15) is 11.5 Å². The molecule has 0 aliphatic heterocycles. The Bertz CT molecular complexity index is 837. The Kier molecular flexibility index (Phi) is 4.60. The molecule has 1 N–H and O–H groups in total. The van der Waals surface area contributed by atoms with Gasteiger partial charge in [-0.3, -0.25) is 4.79 Å². The highest BCUT2D eigenvalue weighted by Crippen LogP contribution is 2.25. The summed E-state index contributed by atoms with van der Waals surface area (Å²) in [6.07, 6.45) is 3.07. The zero-order chi connectivity index (χ0) is 16.1. The summed E-state index contributed by atoms with van der Waals surface area (Å²) in [6, 6.07) is 20.4. The van der Waals surface area contributed by atoms with E-state index < -0.39 is 0 Å². The van der Waals surface area contributed by atoms with Crippen molar-refractivity contribution in [3.05, 3.63) is 83.6 Å². The Morgan fingerprint density at radius 3 is 2.61 bits per heavy atom. The Morgan fingerprint density at radius 2 is 1.83 bits per heavy atom. The van der Waals surface area contributed by atoms with Gasteiger partial charge < -0.3 is 9.73 Å². The number of halogens is 1. The number of anilines is 1. The molecule has 2 aromatic carbocycles. The lowest BCUT2D eigenvalue weighted by Crippen LogP contribution is -2.07. The fraction of sp³-hybridized carbons (Fsp3) is 0. The van der Waals surface area contributed by atoms with Crippen LogP contribution in [0.5, 0.6) is 0 Å². The molecule has 0 saturated heterocycles. The van der Waals surface area contributed by atoms with Gasteiger partial charge in [-0.1, -0.05) is 41.9 Å². The molecular weight excluding hydrogens is 310 g/mol. The average Bonchev–Trinajstić information content (AvgIpc) is 3.03. The molecule has 0 radical (unpaired) electrons. The topological polar surface area (TPSA) is 42.2 Å². The fourth-order valence-electron chi connectivity index (χ4n) is 2.10. The van der Waals surface area contributed by atoms with Crippen molar-refractivity contribution in [1.29, 1.82) is 0 Å². The quantitative estimate of drug-likeness (QED) is 0.666. The van der Waals surface area contributed by atoms with Crippen molar-refractivity contribution >= 4 is 29.3 Å². The summed E-state index contributed by atoms with van der Waals surface area (Å²) in [5, 5.41) is 3.42. The van der Waals surface area contributed by atoms with Crippen molar-refractivity contribution in [2.24, 2.45) is 0 Å². The molecule has 3 aromatic rings. The Balaban J connectivity index is 1.68. The van der Waals surface area contributed by atoms with E-state index in [-0.39, 0.29) is 5.91 Å². The lowest BCUT2D eigenvalue weighted by atomic mass is 10.2. The molecule has 3 nitrogen and oxygen atoms in total. The van der Waals surface area contributed by atoms with Crippen LogP contribution in [-0.2, 0) is 4.79 Å². The minimum absolute atomic E-state index is 0.211. The standard InChI is InChI=1S/C19H14ClNO2/c20-15-6-4-5-14(13-15)18-11-9-17(23-18)10-12-19(22)21-16-7-2-1-3-8-16/h1-13H,(H,21,22)/b12-10+. The fourth-order valence-corrected chi connectivity index (χ4v) is 2.29. The van der Waals surface area contributed by atoms with Crippen LogP contribution in [0.4, 0.5) is 5.69 Å². The molecule has 0 aliphatic carbocycles. The number of carbonyl (C=O) groups is 1. The molecule has 1 amide bonds. The second-order valence-corrected chi connectivity index (χ2v) is 5.34. The van der Waals surface area contributed by atoms with Crippen LogP contribution in [0.25, 0.3) is 17.4 Å². The third-order valence-electron chi connectivity index (χ3n) is 3.18. The van der Waals surface area contributed by atoms with Crippen molar-refractivity contribution in [3.63, 3.8) is 0 Å². The highest BCUT2D eigenvalue weighted by atomic mass is 35.5. The van der Waals surface area contributed by atoms with Gasteiger partial charge >= 0.3 is 0 Å². The predicted molar refractivity (Wildman–Crippen MR) is 93.3 cm³/mol. The highest BCUT2D eigenvalue weighted by molar-refractivity contribution is 6.30. The molecule has 0 saturated carbocycles. The van der Waals surface area contributed by atoms with Crippen molar-refractivity contribution in [2.75, 3.05) is 5.32 Å². The maximum absolute atomic E-state index is 11.9. The van der Waals surface area contributed by atoms with Gasteiger partial charge in [0.25, 0.3) is 0 Å². The van der Waals surface area contributed by atoms with E-state index in [0.717, 1.165) is 11.3 Å². The van der Waals surface area contributed by atoms with E-state index in [4.69, 9.17) is 16.0 Å². The van der Waals surface area contributed by atoms with E-state index in [2.05, 4.69) is 5.32 Å². The number of nitrogens with one attached hydrogen (secondary N) is 1. The number of furan rings is 1. The van der Waals surface area contributed by atoms with Crippen molar-refractivity contribution in [1.82, 2.24) is 0 Å². The monoisotopic (exact) mass is 323 g/mol. The van der Waals surface area contributed by atoms with Crippen LogP contribution >= 0.6 is 11.6 Å². The van der Waals surface area contributed by atoms with Gasteiger partial charge in [0.2, 0.25) is 5.91 Å². The van der Waals surface area contributed by atoms with Crippen LogP contribution < -0.4 is 5.32 Å². The second-order valence-electron chi connectivity index (χ2n) is 4.90. The first-order valence-corrected chi connectivity index (χ1v) is 7.48.